The Kier molecular flexibility index (Phi) is 5.63. The monoisotopic (exact) mass is 285 g/mol. The molecule has 1 aromatic carbocycles. The molecule has 0 aromatic heterocycles. The number of carbonyl (C=O) groups excluding carboxylic acids is 2. The lowest BCUT2D eigenvalue weighted by molar-refractivity contribution is -0.155. The van der Waals surface area contributed by atoms with Crippen molar-refractivity contribution in [1.29, 1.82) is 0 Å². The summed E-state index contributed by atoms with van der Waals surface area (Å²) in [5, 5.41) is 2.41. The number of amides is 1. The van der Waals surface area contributed by atoms with Crippen molar-refractivity contribution < 1.29 is 19.1 Å². The van der Waals surface area contributed by atoms with E-state index in [2.05, 4.69) is 5.32 Å². The molecule has 0 aliphatic rings. The van der Waals surface area contributed by atoms with Gasteiger partial charge in [0.15, 0.2) is 5.72 Å². The van der Waals surface area contributed by atoms with Crippen LogP contribution < -0.4 is 5.32 Å². The molecule has 1 N–H and O–H groups in total. The first kappa shape index (κ1) is 15.3. The van der Waals surface area contributed by atoms with Crippen molar-refractivity contribution in [2.24, 2.45) is 0 Å². The highest BCUT2D eigenvalue weighted by molar-refractivity contribution is 6.18. The maximum absolute atomic E-state index is 11.6. The van der Waals surface area contributed by atoms with E-state index in [1.54, 1.807) is 0 Å². The normalized spacial score (nSPS) is 13.2. The van der Waals surface area contributed by atoms with Gasteiger partial charge in [-0.25, -0.2) is 4.79 Å². The molecule has 0 bridgehead atoms. The minimum Gasteiger partial charge on any atom is -0.445 e. The number of ether oxygens (including phenoxy) is 2. The lowest BCUT2D eigenvalue weighted by atomic mass is 10.2. The fraction of sp³-hybridized carbons (Fsp3) is 0.385. The van der Waals surface area contributed by atoms with E-state index in [0.717, 1.165) is 5.56 Å². The Balaban J connectivity index is 2.47. The molecule has 0 saturated heterocycles. The van der Waals surface area contributed by atoms with Gasteiger partial charge in [-0.05, 0) is 12.5 Å². The third-order valence-electron chi connectivity index (χ3n) is 2.20. The van der Waals surface area contributed by atoms with Gasteiger partial charge in [-0.3, -0.25) is 10.1 Å². The predicted molar refractivity (Wildman–Crippen MR) is 70.7 cm³/mol. The van der Waals surface area contributed by atoms with Crippen LogP contribution in [0.1, 0.15) is 19.4 Å². The molecule has 1 atom stereocenters. The van der Waals surface area contributed by atoms with Crippen LogP contribution in [0.3, 0.4) is 0 Å². The molecule has 0 aliphatic heterocycles. The Morgan fingerprint density at radius 3 is 2.47 bits per heavy atom. The number of hydrogen-bond acceptors (Lipinski definition) is 4. The minimum absolute atomic E-state index is 0.0764. The predicted octanol–water partition coefficient (Wildman–Crippen LogP) is 2.43. The number of halogens is 1. The Hall–Kier alpha value is -1.75. The number of esters is 1. The molecule has 1 aromatic rings. The highest BCUT2D eigenvalue weighted by Gasteiger charge is 2.29. The first-order chi connectivity index (χ1) is 8.95. The summed E-state index contributed by atoms with van der Waals surface area (Å²) in [6.07, 6.45) is -0.701. The number of carbonyl (C=O) groups is 2. The molecule has 0 fully saturated rings. The molecule has 0 saturated carbocycles. The van der Waals surface area contributed by atoms with Crippen molar-refractivity contribution in [2.45, 2.75) is 26.2 Å². The second-order valence-corrected chi connectivity index (χ2v) is 4.41. The van der Waals surface area contributed by atoms with E-state index in [9.17, 15) is 9.59 Å². The molecule has 6 heteroatoms. The van der Waals surface area contributed by atoms with E-state index in [1.807, 2.05) is 30.3 Å². The van der Waals surface area contributed by atoms with Gasteiger partial charge in [-0.2, -0.15) is 0 Å². The molecule has 0 radical (unpaired) electrons. The fourth-order valence-electron chi connectivity index (χ4n) is 1.38. The Morgan fingerprint density at radius 2 is 1.95 bits per heavy atom. The fourth-order valence-corrected chi connectivity index (χ4v) is 1.50. The third-order valence-corrected chi connectivity index (χ3v) is 2.71. The van der Waals surface area contributed by atoms with Crippen LogP contribution in [0.2, 0.25) is 0 Å². The van der Waals surface area contributed by atoms with Crippen molar-refractivity contribution >= 4 is 23.7 Å². The molecule has 5 nitrogen and oxygen atoms in total. The topological polar surface area (TPSA) is 64.6 Å². The van der Waals surface area contributed by atoms with Crippen molar-refractivity contribution in [1.82, 2.24) is 5.32 Å². The average Bonchev–Trinajstić information content (AvgIpc) is 2.36. The van der Waals surface area contributed by atoms with E-state index in [0.29, 0.717) is 0 Å². The third kappa shape index (κ3) is 5.61. The first-order valence-electron chi connectivity index (χ1n) is 5.69. The van der Waals surface area contributed by atoms with Crippen LogP contribution in [0.15, 0.2) is 30.3 Å². The lowest BCUT2D eigenvalue weighted by Crippen LogP contribution is -2.50. The zero-order chi connectivity index (χ0) is 14.3. The summed E-state index contributed by atoms with van der Waals surface area (Å²) in [7, 11) is 0. The lowest BCUT2D eigenvalue weighted by Gasteiger charge is -2.27. The molecule has 19 heavy (non-hydrogen) atoms. The van der Waals surface area contributed by atoms with Crippen LogP contribution in [-0.4, -0.2) is 23.7 Å². The summed E-state index contributed by atoms with van der Waals surface area (Å²) < 4.78 is 9.93. The number of alkyl carbamates (subject to hydrolysis) is 1. The number of alkyl halides is 1. The maximum Gasteiger partial charge on any atom is 0.410 e. The van der Waals surface area contributed by atoms with Gasteiger partial charge in [0, 0.05) is 6.92 Å². The SMILES string of the molecule is CC(=O)O[C@@](C)(CCl)NC(=O)OCc1ccccc1. The molecular formula is C13H16ClNO4. The molecule has 0 heterocycles. The standard InChI is InChI=1S/C13H16ClNO4/c1-10(16)19-13(2,9-14)15-12(17)18-8-11-6-4-3-5-7-11/h3-7H,8-9H2,1-2H3,(H,15,17)/t13-/m0/s1. The Labute approximate surface area is 116 Å². The minimum atomic E-state index is -1.28. The molecule has 0 aliphatic carbocycles. The number of benzene rings is 1. The van der Waals surface area contributed by atoms with Gasteiger partial charge in [0.2, 0.25) is 0 Å². The molecule has 104 valence electrons. The second kappa shape index (κ2) is 6.99. The zero-order valence-electron chi connectivity index (χ0n) is 10.8. The van der Waals surface area contributed by atoms with E-state index in [4.69, 9.17) is 21.1 Å². The van der Waals surface area contributed by atoms with Crippen LogP contribution >= 0.6 is 11.6 Å². The Bertz CT molecular complexity index is 438. The molecule has 0 unspecified atom stereocenters. The van der Waals surface area contributed by atoms with E-state index >= 15 is 0 Å². The van der Waals surface area contributed by atoms with E-state index in [1.165, 1.54) is 13.8 Å². The quantitative estimate of drug-likeness (QED) is 0.513. The van der Waals surface area contributed by atoms with Crippen molar-refractivity contribution in [3.05, 3.63) is 35.9 Å². The summed E-state index contributed by atoms with van der Waals surface area (Å²) in [6.45, 7) is 2.86. The molecular weight excluding hydrogens is 270 g/mol. The van der Waals surface area contributed by atoms with Crippen molar-refractivity contribution in [3.8, 4) is 0 Å². The summed E-state index contributed by atoms with van der Waals surface area (Å²) in [5.74, 6) is -0.612. The van der Waals surface area contributed by atoms with Crippen LogP contribution in [0.25, 0.3) is 0 Å². The molecule has 1 amide bonds. The van der Waals surface area contributed by atoms with E-state index in [-0.39, 0.29) is 12.5 Å². The first-order valence-corrected chi connectivity index (χ1v) is 6.23. The van der Waals surface area contributed by atoms with Gasteiger partial charge in [-0.1, -0.05) is 30.3 Å². The molecule has 0 spiro atoms. The number of rotatable bonds is 5. The van der Waals surface area contributed by atoms with Crippen molar-refractivity contribution in [3.63, 3.8) is 0 Å². The van der Waals surface area contributed by atoms with Crippen molar-refractivity contribution in [2.75, 3.05) is 5.88 Å². The van der Waals surface area contributed by atoms with Gasteiger partial charge in [0.25, 0.3) is 0 Å². The van der Waals surface area contributed by atoms with Gasteiger partial charge in [-0.15, -0.1) is 11.6 Å². The highest BCUT2D eigenvalue weighted by atomic mass is 35.5. The summed E-state index contributed by atoms with van der Waals surface area (Å²) >= 11 is 5.67. The van der Waals surface area contributed by atoms with Crippen LogP contribution in [0.4, 0.5) is 4.79 Å². The number of nitrogens with one attached hydrogen (secondary N) is 1. The Morgan fingerprint density at radius 1 is 1.32 bits per heavy atom. The van der Waals surface area contributed by atoms with E-state index < -0.39 is 17.8 Å². The van der Waals surface area contributed by atoms with Gasteiger partial charge in [0.05, 0.1) is 5.88 Å². The van der Waals surface area contributed by atoms with Gasteiger partial charge >= 0.3 is 12.1 Å². The average molecular weight is 286 g/mol. The number of hydrogen-bond donors (Lipinski definition) is 1. The molecule has 1 rings (SSSR count). The largest absolute Gasteiger partial charge is 0.445 e. The van der Waals surface area contributed by atoms with Gasteiger partial charge < -0.3 is 9.47 Å². The van der Waals surface area contributed by atoms with Crippen LogP contribution in [0.5, 0.6) is 0 Å². The van der Waals surface area contributed by atoms with Gasteiger partial charge in [0.1, 0.15) is 6.61 Å². The summed E-state index contributed by atoms with van der Waals surface area (Å²) in [4.78, 5) is 22.5. The maximum atomic E-state index is 11.6. The zero-order valence-corrected chi connectivity index (χ0v) is 11.6. The van der Waals surface area contributed by atoms with Crippen LogP contribution in [-0.2, 0) is 20.9 Å². The summed E-state index contributed by atoms with van der Waals surface area (Å²) in [5.41, 5.74) is -0.418. The smallest absolute Gasteiger partial charge is 0.410 e. The highest BCUT2D eigenvalue weighted by Crippen LogP contribution is 2.10. The second-order valence-electron chi connectivity index (χ2n) is 4.14. The summed E-state index contributed by atoms with van der Waals surface area (Å²) in [6, 6.07) is 9.23. The van der Waals surface area contributed by atoms with Crippen LogP contribution in [0, 0.1) is 0 Å².